The average Bonchev–Trinajstić information content (AvgIpc) is 2.35. The highest BCUT2D eigenvalue weighted by Gasteiger charge is 2.16. The van der Waals surface area contributed by atoms with Crippen LogP contribution in [0.4, 0.5) is 0 Å². The van der Waals surface area contributed by atoms with Crippen molar-refractivity contribution in [1.29, 1.82) is 0 Å². The number of nitrogens with zero attached hydrogens (tertiary/aromatic N) is 1. The van der Waals surface area contributed by atoms with Crippen molar-refractivity contribution < 1.29 is 19.4 Å². The monoisotopic (exact) mass is 255 g/mol. The lowest BCUT2D eigenvalue weighted by atomic mass is 10.1. The van der Waals surface area contributed by atoms with Gasteiger partial charge in [-0.1, -0.05) is 6.08 Å². The lowest BCUT2D eigenvalue weighted by Crippen LogP contribution is -2.35. The average molecular weight is 255 g/mol. The predicted octanol–water partition coefficient (Wildman–Crippen LogP) is 1.44. The first-order chi connectivity index (χ1) is 8.63. The highest BCUT2D eigenvalue weighted by molar-refractivity contribution is 5.76. The van der Waals surface area contributed by atoms with Gasteiger partial charge in [-0.2, -0.15) is 0 Å². The molecular formula is C13H21NO4. The van der Waals surface area contributed by atoms with Crippen LogP contribution >= 0.6 is 0 Å². The summed E-state index contributed by atoms with van der Waals surface area (Å²) in [6.07, 6.45) is 4.72. The predicted molar refractivity (Wildman–Crippen MR) is 67.3 cm³/mol. The van der Waals surface area contributed by atoms with Gasteiger partial charge in [-0.3, -0.25) is 9.59 Å². The highest BCUT2D eigenvalue weighted by Crippen LogP contribution is 2.13. The molecule has 1 heterocycles. The molecular weight excluding hydrogens is 234 g/mol. The van der Waals surface area contributed by atoms with E-state index in [1.54, 1.807) is 7.11 Å². The molecule has 0 spiro atoms. The third-order valence-electron chi connectivity index (χ3n) is 3.02. The van der Waals surface area contributed by atoms with Gasteiger partial charge in [0.05, 0.1) is 6.61 Å². The largest absolute Gasteiger partial charge is 0.481 e. The van der Waals surface area contributed by atoms with E-state index in [9.17, 15) is 9.59 Å². The maximum atomic E-state index is 11.8. The molecule has 0 unspecified atom stereocenters. The number of carbonyl (C=O) groups is 2. The zero-order valence-electron chi connectivity index (χ0n) is 10.9. The zero-order valence-corrected chi connectivity index (χ0v) is 10.9. The van der Waals surface area contributed by atoms with E-state index < -0.39 is 5.97 Å². The SMILES string of the molecule is COCC1=CCN(C(=O)CCCCC(=O)O)CC1. The summed E-state index contributed by atoms with van der Waals surface area (Å²) in [7, 11) is 1.67. The van der Waals surface area contributed by atoms with Gasteiger partial charge in [0.25, 0.3) is 0 Å². The Morgan fingerprint density at radius 3 is 2.67 bits per heavy atom. The first-order valence-electron chi connectivity index (χ1n) is 6.30. The Bertz CT molecular complexity index is 325. The minimum atomic E-state index is -0.799. The number of amides is 1. The fraction of sp³-hybridized carbons (Fsp3) is 0.692. The van der Waals surface area contributed by atoms with Crippen LogP contribution in [0.3, 0.4) is 0 Å². The van der Waals surface area contributed by atoms with Crippen molar-refractivity contribution in [2.24, 2.45) is 0 Å². The summed E-state index contributed by atoms with van der Waals surface area (Å²) in [6, 6.07) is 0. The number of hydrogen-bond acceptors (Lipinski definition) is 3. The number of carbonyl (C=O) groups excluding carboxylic acids is 1. The Morgan fingerprint density at radius 2 is 2.11 bits per heavy atom. The van der Waals surface area contributed by atoms with E-state index in [1.165, 1.54) is 5.57 Å². The van der Waals surface area contributed by atoms with Crippen LogP contribution < -0.4 is 0 Å². The maximum absolute atomic E-state index is 11.8. The van der Waals surface area contributed by atoms with Crippen molar-refractivity contribution in [3.63, 3.8) is 0 Å². The van der Waals surface area contributed by atoms with Gasteiger partial charge in [0.2, 0.25) is 5.91 Å². The van der Waals surface area contributed by atoms with Gasteiger partial charge in [0.15, 0.2) is 0 Å². The number of hydrogen-bond donors (Lipinski definition) is 1. The number of ether oxygens (including phenoxy) is 1. The quantitative estimate of drug-likeness (QED) is 0.552. The van der Waals surface area contributed by atoms with E-state index in [0.29, 0.717) is 32.4 Å². The van der Waals surface area contributed by atoms with E-state index in [2.05, 4.69) is 0 Å². The minimum absolute atomic E-state index is 0.119. The Balaban J connectivity index is 2.21. The molecule has 1 rings (SSSR count). The molecule has 102 valence electrons. The third-order valence-corrected chi connectivity index (χ3v) is 3.02. The summed E-state index contributed by atoms with van der Waals surface area (Å²) in [6.45, 7) is 2.03. The molecule has 0 aromatic heterocycles. The third kappa shape index (κ3) is 5.31. The van der Waals surface area contributed by atoms with E-state index >= 15 is 0 Å². The summed E-state index contributed by atoms with van der Waals surface area (Å²) < 4.78 is 5.05. The van der Waals surface area contributed by atoms with Crippen LogP contribution in [0.1, 0.15) is 32.1 Å². The summed E-state index contributed by atoms with van der Waals surface area (Å²) in [5, 5.41) is 8.49. The molecule has 0 aromatic carbocycles. The van der Waals surface area contributed by atoms with E-state index in [-0.39, 0.29) is 12.3 Å². The first-order valence-corrected chi connectivity index (χ1v) is 6.30. The van der Waals surface area contributed by atoms with Gasteiger partial charge in [-0.15, -0.1) is 0 Å². The van der Waals surface area contributed by atoms with Crippen molar-refractivity contribution >= 4 is 11.9 Å². The van der Waals surface area contributed by atoms with Crippen LogP contribution in [0.2, 0.25) is 0 Å². The molecule has 18 heavy (non-hydrogen) atoms. The van der Waals surface area contributed by atoms with Crippen molar-refractivity contribution in [2.45, 2.75) is 32.1 Å². The molecule has 1 amide bonds. The number of methoxy groups -OCH3 is 1. The Kier molecular flexibility index (Phi) is 6.43. The normalized spacial score (nSPS) is 15.4. The molecule has 0 saturated carbocycles. The first kappa shape index (κ1) is 14.7. The number of unbranched alkanes of at least 4 members (excludes halogenated alkanes) is 1. The van der Waals surface area contributed by atoms with Crippen LogP contribution in [0, 0.1) is 0 Å². The number of carboxylic acid groups (broad SMARTS) is 1. The Morgan fingerprint density at radius 1 is 1.39 bits per heavy atom. The standard InChI is InChI=1S/C13H21NO4/c1-18-10-11-6-8-14(9-7-11)12(15)4-2-3-5-13(16)17/h6H,2-5,7-10H2,1H3,(H,16,17). The fourth-order valence-electron chi connectivity index (χ4n) is 1.96. The van der Waals surface area contributed by atoms with E-state index in [1.807, 2.05) is 11.0 Å². The van der Waals surface area contributed by atoms with Gasteiger partial charge in [-0.05, 0) is 24.8 Å². The van der Waals surface area contributed by atoms with Crippen molar-refractivity contribution in [3.8, 4) is 0 Å². The summed E-state index contributed by atoms with van der Waals surface area (Å²) in [4.78, 5) is 24.0. The molecule has 0 fully saturated rings. The maximum Gasteiger partial charge on any atom is 0.303 e. The van der Waals surface area contributed by atoms with E-state index in [4.69, 9.17) is 9.84 Å². The second-order valence-electron chi connectivity index (χ2n) is 4.49. The number of rotatable bonds is 7. The molecule has 0 aliphatic carbocycles. The molecule has 5 heteroatoms. The van der Waals surface area contributed by atoms with Gasteiger partial charge in [0.1, 0.15) is 0 Å². The van der Waals surface area contributed by atoms with Crippen LogP contribution in [0.25, 0.3) is 0 Å². The minimum Gasteiger partial charge on any atom is -0.481 e. The molecule has 1 aliphatic heterocycles. The van der Waals surface area contributed by atoms with Crippen molar-refractivity contribution in [1.82, 2.24) is 4.90 Å². The van der Waals surface area contributed by atoms with E-state index in [0.717, 1.165) is 13.0 Å². The highest BCUT2D eigenvalue weighted by atomic mass is 16.5. The van der Waals surface area contributed by atoms with Gasteiger partial charge in [-0.25, -0.2) is 0 Å². The van der Waals surface area contributed by atoms with Gasteiger partial charge in [0, 0.05) is 33.0 Å². The lowest BCUT2D eigenvalue weighted by Gasteiger charge is -2.26. The number of aliphatic carboxylic acids is 1. The molecule has 0 bridgehead atoms. The zero-order chi connectivity index (χ0) is 13.4. The molecule has 5 nitrogen and oxygen atoms in total. The molecule has 0 aromatic rings. The molecule has 0 saturated heterocycles. The Labute approximate surface area is 107 Å². The summed E-state index contributed by atoms with van der Waals surface area (Å²) >= 11 is 0. The second-order valence-corrected chi connectivity index (χ2v) is 4.49. The van der Waals surface area contributed by atoms with Crippen molar-refractivity contribution in [2.75, 3.05) is 26.8 Å². The smallest absolute Gasteiger partial charge is 0.303 e. The lowest BCUT2D eigenvalue weighted by molar-refractivity contribution is -0.137. The van der Waals surface area contributed by atoms with Crippen LogP contribution in [-0.2, 0) is 14.3 Å². The molecule has 1 N–H and O–H groups in total. The number of carboxylic acids is 1. The Hall–Kier alpha value is -1.36. The van der Waals surface area contributed by atoms with Crippen molar-refractivity contribution in [3.05, 3.63) is 11.6 Å². The van der Waals surface area contributed by atoms with Crippen LogP contribution in [0.15, 0.2) is 11.6 Å². The van der Waals surface area contributed by atoms with Crippen LogP contribution in [0.5, 0.6) is 0 Å². The summed E-state index contributed by atoms with van der Waals surface area (Å²) in [5.41, 5.74) is 1.24. The van der Waals surface area contributed by atoms with Gasteiger partial charge < -0.3 is 14.7 Å². The topological polar surface area (TPSA) is 66.8 Å². The fourth-order valence-corrected chi connectivity index (χ4v) is 1.96. The van der Waals surface area contributed by atoms with Gasteiger partial charge >= 0.3 is 5.97 Å². The molecule has 0 atom stereocenters. The summed E-state index contributed by atoms with van der Waals surface area (Å²) in [5.74, 6) is -0.680. The van der Waals surface area contributed by atoms with Crippen LogP contribution in [-0.4, -0.2) is 48.7 Å². The second kappa shape index (κ2) is 7.87. The molecule has 1 aliphatic rings. The molecule has 0 radical (unpaired) electrons.